The molecule has 0 spiro atoms. The van der Waals surface area contributed by atoms with Crippen molar-refractivity contribution in [2.24, 2.45) is 0 Å². The SMILES string of the molecule is N#Cc1ccc(C[NH+]2CC[NH+](CCOc3cccc(Br)c3)CC2)cc1. The molecule has 0 bridgehead atoms. The van der Waals surface area contributed by atoms with E-state index in [-0.39, 0.29) is 0 Å². The molecule has 1 heterocycles. The summed E-state index contributed by atoms with van der Waals surface area (Å²) < 4.78 is 6.90. The van der Waals surface area contributed by atoms with E-state index in [0.717, 1.165) is 35.5 Å². The predicted octanol–water partition coefficient (Wildman–Crippen LogP) is 0.683. The predicted molar refractivity (Wildman–Crippen MR) is 101 cm³/mol. The number of nitrogens with one attached hydrogen (secondary N) is 2. The van der Waals surface area contributed by atoms with Crippen LogP contribution in [-0.4, -0.2) is 39.3 Å². The molecule has 0 saturated carbocycles. The van der Waals surface area contributed by atoms with E-state index in [4.69, 9.17) is 10.00 Å². The minimum absolute atomic E-state index is 0.735. The number of hydrogen-bond acceptors (Lipinski definition) is 2. The van der Waals surface area contributed by atoms with Crippen molar-refractivity contribution in [3.63, 3.8) is 0 Å². The van der Waals surface area contributed by atoms with E-state index in [1.807, 2.05) is 36.4 Å². The minimum Gasteiger partial charge on any atom is -0.488 e. The summed E-state index contributed by atoms with van der Waals surface area (Å²) in [4.78, 5) is 3.25. The van der Waals surface area contributed by atoms with Gasteiger partial charge in [0.15, 0.2) is 0 Å². The van der Waals surface area contributed by atoms with E-state index in [1.54, 1.807) is 9.80 Å². The van der Waals surface area contributed by atoms with Gasteiger partial charge in [-0.3, -0.25) is 0 Å². The highest BCUT2D eigenvalue weighted by Crippen LogP contribution is 2.17. The van der Waals surface area contributed by atoms with Crippen LogP contribution in [0.5, 0.6) is 5.75 Å². The summed E-state index contributed by atoms with van der Waals surface area (Å²) in [7, 11) is 0. The molecular formula is C20H24BrN3O+2. The Morgan fingerprint density at radius 1 is 1.00 bits per heavy atom. The number of benzene rings is 2. The number of nitrogens with zero attached hydrogens (tertiary/aromatic N) is 1. The Morgan fingerprint density at radius 2 is 1.72 bits per heavy atom. The van der Waals surface area contributed by atoms with E-state index < -0.39 is 0 Å². The van der Waals surface area contributed by atoms with Crippen molar-refractivity contribution in [1.29, 1.82) is 5.26 Å². The van der Waals surface area contributed by atoms with Crippen LogP contribution in [-0.2, 0) is 6.54 Å². The van der Waals surface area contributed by atoms with Gasteiger partial charge in [0, 0.05) is 10.0 Å². The molecule has 2 aromatic carbocycles. The van der Waals surface area contributed by atoms with Crippen LogP contribution < -0.4 is 14.5 Å². The lowest BCUT2D eigenvalue weighted by atomic mass is 10.1. The van der Waals surface area contributed by atoms with Crippen LogP contribution in [0.4, 0.5) is 0 Å². The molecule has 0 amide bonds. The summed E-state index contributed by atoms with van der Waals surface area (Å²) in [6.07, 6.45) is 0. The summed E-state index contributed by atoms with van der Waals surface area (Å²) in [6, 6.07) is 18.2. The second-order valence-electron chi connectivity index (χ2n) is 6.54. The molecule has 5 heteroatoms. The number of piperazine rings is 1. The summed E-state index contributed by atoms with van der Waals surface area (Å²) in [6.45, 7) is 7.61. The van der Waals surface area contributed by atoms with Crippen molar-refractivity contribution in [3.8, 4) is 11.8 Å². The maximum Gasteiger partial charge on any atom is 0.137 e. The van der Waals surface area contributed by atoms with Crippen LogP contribution in [0.2, 0.25) is 0 Å². The van der Waals surface area contributed by atoms with Gasteiger partial charge in [0.2, 0.25) is 0 Å². The third kappa shape index (κ3) is 5.57. The van der Waals surface area contributed by atoms with E-state index in [1.165, 1.54) is 31.7 Å². The fourth-order valence-corrected chi connectivity index (χ4v) is 3.62. The molecule has 4 nitrogen and oxygen atoms in total. The number of quaternary nitrogens is 2. The van der Waals surface area contributed by atoms with Gasteiger partial charge >= 0.3 is 0 Å². The van der Waals surface area contributed by atoms with Crippen molar-refractivity contribution < 1.29 is 14.5 Å². The van der Waals surface area contributed by atoms with Gasteiger partial charge in [0.1, 0.15) is 51.6 Å². The number of rotatable bonds is 6. The molecule has 130 valence electrons. The van der Waals surface area contributed by atoms with E-state index >= 15 is 0 Å². The van der Waals surface area contributed by atoms with Gasteiger partial charge in [0.05, 0.1) is 11.6 Å². The van der Waals surface area contributed by atoms with Crippen LogP contribution >= 0.6 is 15.9 Å². The van der Waals surface area contributed by atoms with Gasteiger partial charge in [-0.05, 0) is 30.3 Å². The van der Waals surface area contributed by atoms with Gasteiger partial charge in [0.25, 0.3) is 0 Å². The van der Waals surface area contributed by atoms with Crippen molar-refractivity contribution >= 4 is 15.9 Å². The highest BCUT2D eigenvalue weighted by molar-refractivity contribution is 9.10. The normalized spacial score (nSPS) is 20.0. The molecule has 1 aliphatic heterocycles. The molecule has 1 aliphatic rings. The van der Waals surface area contributed by atoms with Crippen LogP contribution in [0.25, 0.3) is 0 Å². The molecule has 25 heavy (non-hydrogen) atoms. The zero-order chi connectivity index (χ0) is 17.5. The lowest BCUT2D eigenvalue weighted by molar-refractivity contribution is -1.02. The largest absolute Gasteiger partial charge is 0.488 e. The second-order valence-corrected chi connectivity index (χ2v) is 7.46. The molecular weight excluding hydrogens is 378 g/mol. The molecule has 2 N–H and O–H groups in total. The molecule has 1 fully saturated rings. The Bertz CT molecular complexity index is 718. The molecule has 2 aromatic rings. The highest BCUT2D eigenvalue weighted by Gasteiger charge is 2.22. The van der Waals surface area contributed by atoms with Gasteiger partial charge in [-0.15, -0.1) is 0 Å². The summed E-state index contributed by atoms with van der Waals surface area (Å²) in [5, 5.41) is 8.87. The summed E-state index contributed by atoms with van der Waals surface area (Å²) in [5.74, 6) is 0.929. The molecule has 1 saturated heterocycles. The van der Waals surface area contributed by atoms with Crippen molar-refractivity contribution in [1.82, 2.24) is 0 Å². The van der Waals surface area contributed by atoms with Crippen LogP contribution in [0, 0.1) is 11.3 Å². The van der Waals surface area contributed by atoms with Gasteiger partial charge in [-0.1, -0.05) is 34.1 Å². The van der Waals surface area contributed by atoms with Gasteiger partial charge in [-0.25, -0.2) is 0 Å². The Morgan fingerprint density at radius 3 is 2.40 bits per heavy atom. The van der Waals surface area contributed by atoms with Crippen LogP contribution in [0.1, 0.15) is 11.1 Å². The van der Waals surface area contributed by atoms with E-state index in [2.05, 4.69) is 34.1 Å². The van der Waals surface area contributed by atoms with Gasteiger partial charge in [-0.2, -0.15) is 5.26 Å². The Hall–Kier alpha value is -1.87. The molecule has 0 atom stereocenters. The fourth-order valence-electron chi connectivity index (χ4n) is 3.24. The standard InChI is InChI=1S/C20H22BrN3O/c21-19-2-1-3-20(14-19)25-13-12-23-8-10-24(11-9-23)16-18-6-4-17(15-22)5-7-18/h1-7,14H,8-13,16H2/p+2. The van der Waals surface area contributed by atoms with E-state index in [0.29, 0.717) is 0 Å². The van der Waals surface area contributed by atoms with Crippen LogP contribution in [0.3, 0.4) is 0 Å². The number of ether oxygens (including phenoxy) is 1. The van der Waals surface area contributed by atoms with Crippen molar-refractivity contribution in [2.45, 2.75) is 6.54 Å². The lowest BCUT2D eigenvalue weighted by Crippen LogP contribution is -3.27. The third-order valence-corrected chi connectivity index (χ3v) is 5.22. The maximum absolute atomic E-state index is 8.87. The topological polar surface area (TPSA) is 41.9 Å². The Balaban J connectivity index is 1.37. The zero-order valence-electron chi connectivity index (χ0n) is 14.3. The molecule has 0 aromatic heterocycles. The van der Waals surface area contributed by atoms with Gasteiger partial charge < -0.3 is 14.5 Å². The maximum atomic E-state index is 8.87. The molecule has 0 unspecified atom stereocenters. The number of hydrogen-bond donors (Lipinski definition) is 2. The first-order valence-electron chi connectivity index (χ1n) is 8.77. The smallest absolute Gasteiger partial charge is 0.137 e. The first kappa shape index (κ1) is 17.9. The average Bonchev–Trinajstić information content (AvgIpc) is 2.64. The molecule has 0 radical (unpaired) electrons. The first-order valence-corrected chi connectivity index (χ1v) is 9.57. The monoisotopic (exact) mass is 401 g/mol. The number of nitriles is 1. The Labute approximate surface area is 157 Å². The Kier molecular flexibility index (Phi) is 6.46. The summed E-state index contributed by atoms with van der Waals surface area (Å²) >= 11 is 3.47. The molecule has 3 rings (SSSR count). The van der Waals surface area contributed by atoms with Crippen molar-refractivity contribution in [3.05, 3.63) is 64.1 Å². The average molecular weight is 402 g/mol. The van der Waals surface area contributed by atoms with E-state index in [9.17, 15) is 0 Å². The van der Waals surface area contributed by atoms with Crippen molar-refractivity contribution in [2.75, 3.05) is 39.3 Å². The quantitative estimate of drug-likeness (QED) is 0.747. The first-order chi connectivity index (χ1) is 12.2. The zero-order valence-corrected chi connectivity index (χ0v) is 15.9. The highest BCUT2D eigenvalue weighted by atomic mass is 79.9. The number of halogens is 1. The summed E-state index contributed by atoms with van der Waals surface area (Å²) in [5.41, 5.74) is 2.05. The van der Waals surface area contributed by atoms with Crippen LogP contribution in [0.15, 0.2) is 53.0 Å². The fraction of sp³-hybridized carbons (Fsp3) is 0.350. The molecule has 0 aliphatic carbocycles. The second kappa shape index (κ2) is 9.00. The lowest BCUT2D eigenvalue weighted by Gasteiger charge is -2.29. The third-order valence-electron chi connectivity index (χ3n) is 4.72. The minimum atomic E-state index is 0.735.